The van der Waals surface area contributed by atoms with E-state index in [1.54, 1.807) is 0 Å². The highest BCUT2D eigenvalue weighted by Crippen LogP contribution is 2.26. The van der Waals surface area contributed by atoms with E-state index in [0.29, 0.717) is 6.04 Å². The molecule has 1 saturated heterocycles. The van der Waals surface area contributed by atoms with E-state index in [1.807, 2.05) is 11.7 Å². The first-order chi connectivity index (χ1) is 9.69. The van der Waals surface area contributed by atoms with Gasteiger partial charge in [-0.3, -0.25) is 9.58 Å². The Balaban J connectivity index is 2.19. The van der Waals surface area contributed by atoms with Crippen LogP contribution in [0.5, 0.6) is 0 Å². The van der Waals surface area contributed by atoms with Crippen molar-refractivity contribution in [1.82, 2.24) is 20.0 Å². The molecule has 21 heavy (non-hydrogen) atoms. The van der Waals surface area contributed by atoms with E-state index >= 15 is 0 Å². The van der Waals surface area contributed by atoms with Gasteiger partial charge in [0.05, 0.1) is 15.9 Å². The van der Waals surface area contributed by atoms with Gasteiger partial charge in [-0.25, -0.2) is 0 Å². The summed E-state index contributed by atoms with van der Waals surface area (Å²) >= 11 is 3.70. The summed E-state index contributed by atoms with van der Waals surface area (Å²) in [6.45, 7) is 14.3. The van der Waals surface area contributed by atoms with Crippen LogP contribution in [0.4, 0.5) is 0 Å². The lowest BCUT2D eigenvalue weighted by Gasteiger charge is -2.45. The van der Waals surface area contributed by atoms with Gasteiger partial charge in [-0.05, 0) is 49.0 Å². The second-order valence-electron chi connectivity index (χ2n) is 7.42. The highest BCUT2D eigenvalue weighted by Gasteiger charge is 2.33. The quantitative estimate of drug-likeness (QED) is 0.899. The molecule has 1 aromatic rings. The molecule has 2 heterocycles. The van der Waals surface area contributed by atoms with E-state index in [9.17, 15) is 0 Å². The minimum atomic E-state index is 0.174. The van der Waals surface area contributed by atoms with Crippen LogP contribution in [0.15, 0.2) is 4.47 Å². The fraction of sp³-hybridized carbons (Fsp3) is 0.812. The largest absolute Gasteiger partial charge is 0.309 e. The molecule has 1 N–H and O–H groups in total. The summed E-state index contributed by atoms with van der Waals surface area (Å²) in [6.07, 6.45) is 1.23. The molecular weight excluding hydrogens is 328 g/mol. The maximum Gasteiger partial charge on any atom is 0.0739 e. The Morgan fingerprint density at radius 3 is 2.62 bits per heavy atom. The molecule has 0 bridgehead atoms. The molecule has 0 spiro atoms. The summed E-state index contributed by atoms with van der Waals surface area (Å²) in [5, 5.41) is 8.21. The number of aryl methyl sites for hydroxylation is 2. The highest BCUT2D eigenvalue weighted by atomic mass is 79.9. The lowest BCUT2D eigenvalue weighted by Crippen LogP contribution is -2.61. The molecule has 1 fully saturated rings. The zero-order valence-corrected chi connectivity index (χ0v) is 15.8. The molecule has 1 aliphatic rings. The van der Waals surface area contributed by atoms with Gasteiger partial charge in [0.25, 0.3) is 0 Å². The van der Waals surface area contributed by atoms with Gasteiger partial charge in [0, 0.05) is 38.3 Å². The standard InChI is InChI=1S/C16H29BrN4/c1-11(2)7-13-8-18-16(4,5)10-21(13)9-14-15(17)12(3)19-20(14)6/h11,13,18H,7-10H2,1-6H3. The third-order valence-electron chi connectivity index (χ3n) is 4.29. The van der Waals surface area contributed by atoms with E-state index < -0.39 is 0 Å². The molecular formula is C16H29BrN4. The van der Waals surface area contributed by atoms with Gasteiger partial charge < -0.3 is 5.32 Å². The minimum Gasteiger partial charge on any atom is -0.309 e. The third kappa shape index (κ3) is 4.08. The molecule has 1 atom stereocenters. The van der Waals surface area contributed by atoms with Crippen LogP contribution in [0.3, 0.4) is 0 Å². The number of aromatic nitrogens is 2. The van der Waals surface area contributed by atoms with Crippen LogP contribution in [0, 0.1) is 12.8 Å². The lowest BCUT2D eigenvalue weighted by atomic mass is 9.94. The minimum absolute atomic E-state index is 0.174. The number of nitrogens with one attached hydrogen (secondary N) is 1. The molecule has 4 nitrogen and oxygen atoms in total. The Bertz CT molecular complexity index is 493. The number of nitrogens with zero attached hydrogens (tertiary/aromatic N) is 3. The maximum atomic E-state index is 4.53. The van der Waals surface area contributed by atoms with Gasteiger partial charge in [0.2, 0.25) is 0 Å². The number of hydrogen-bond acceptors (Lipinski definition) is 3. The summed E-state index contributed by atoms with van der Waals surface area (Å²) in [6, 6.07) is 0.597. The predicted molar refractivity (Wildman–Crippen MR) is 91.4 cm³/mol. The van der Waals surface area contributed by atoms with Crippen LogP contribution in [-0.2, 0) is 13.6 Å². The van der Waals surface area contributed by atoms with E-state index in [4.69, 9.17) is 0 Å². The predicted octanol–water partition coefficient (Wildman–Crippen LogP) is 3.09. The normalized spacial score (nSPS) is 23.0. The molecule has 0 aliphatic carbocycles. The molecule has 1 unspecified atom stereocenters. The molecule has 1 aliphatic heterocycles. The lowest BCUT2D eigenvalue weighted by molar-refractivity contribution is 0.0736. The Hall–Kier alpha value is -0.390. The van der Waals surface area contributed by atoms with Crippen molar-refractivity contribution < 1.29 is 0 Å². The summed E-state index contributed by atoms with van der Waals surface area (Å²) in [5.74, 6) is 0.720. The van der Waals surface area contributed by atoms with Crippen molar-refractivity contribution in [2.45, 2.75) is 59.2 Å². The Morgan fingerprint density at radius 1 is 1.43 bits per heavy atom. The fourth-order valence-corrected chi connectivity index (χ4v) is 3.68. The second kappa shape index (κ2) is 6.39. The van der Waals surface area contributed by atoms with Gasteiger partial charge in [-0.2, -0.15) is 5.10 Å². The Kier molecular flexibility index (Phi) is 5.16. The van der Waals surface area contributed by atoms with Gasteiger partial charge in [-0.1, -0.05) is 13.8 Å². The third-order valence-corrected chi connectivity index (χ3v) is 5.32. The first-order valence-corrected chi connectivity index (χ1v) is 8.66. The summed E-state index contributed by atoms with van der Waals surface area (Å²) in [7, 11) is 2.04. The van der Waals surface area contributed by atoms with Crippen LogP contribution < -0.4 is 5.32 Å². The van der Waals surface area contributed by atoms with E-state index in [-0.39, 0.29) is 5.54 Å². The van der Waals surface area contributed by atoms with Crippen molar-refractivity contribution in [2.75, 3.05) is 13.1 Å². The number of piperazine rings is 1. The van der Waals surface area contributed by atoms with Gasteiger partial charge in [0.1, 0.15) is 0 Å². The van der Waals surface area contributed by atoms with Crippen molar-refractivity contribution in [1.29, 1.82) is 0 Å². The van der Waals surface area contributed by atoms with Crippen LogP contribution in [0.25, 0.3) is 0 Å². The number of halogens is 1. The SMILES string of the molecule is Cc1nn(C)c(CN2CC(C)(C)NCC2CC(C)C)c1Br. The zero-order chi connectivity index (χ0) is 15.8. The average Bonchev–Trinajstić information content (AvgIpc) is 2.58. The molecule has 0 aromatic carbocycles. The topological polar surface area (TPSA) is 33.1 Å². The smallest absolute Gasteiger partial charge is 0.0739 e. The Labute approximate surface area is 137 Å². The Morgan fingerprint density at radius 2 is 2.10 bits per heavy atom. The van der Waals surface area contributed by atoms with E-state index in [1.165, 1.54) is 12.1 Å². The van der Waals surface area contributed by atoms with Gasteiger partial charge in [0.15, 0.2) is 0 Å². The van der Waals surface area contributed by atoms with Crippen molar-refractivity contribution in [3.63, 3.8) is 0 Å². The van der Waals surface area contributed by atoms with Crippen LogP contribution >= 0.6 is 15.9 Å². The fourth-order valence-electron chi connectivity index (χ4n) is 3.22. The van der Waals surface area contributed by atoms with Gasteiger partial charge >= 0.3 is 0 Å². The van der Waals surface area contributed by atoms with Crippen molar-refractivity contribution in [2.24, 2.45) is 13.0 Å². The van der Waals surface area contributed by atoms with Crippen molar-refractivity contribution in [3.05, 3.63) is 15.9 Å². The summed E-state index contributed by atoms with van der Waals surface area (Å²) in [4.78, 5) is 2.62. The van der Waals surface area contributed by atoms with Crippen molar-refractivity contribution >= 4 is 15.9 Å². The molecule has 2 rings (SSSR count). The molecule has 1 aromatic heterocycles. The first-order valence-electron chi connectivity index (χ1n) is 7.86. The number of hydrogen-bond donors (Lipinski definition) is 1. The molecule has 5 heteroatoms. The molecule has 0 saturated carbocycles. The number of rotatable bonds is 4. The highest BCUT2D eigenvalue weighted by molar-refractivity contribution is 9.10. The molecule has 0 radical (unpaired) electrons. The second-order valence-corrected chi connectivity index (χ2v) is 8.22. The van der Waals surface area contributed by atoms with Crippen LogP contribution in [0.2, 0.25) is 0 Å². The summed E-state index contributed by atoms with van der Waals surface area (Å²) in [5.41, 5.74) is 2.52. The monoisotopic (exact) mass is 356 g/mol. The summed E-state index contributed by atoms with van der Waals surface area (Å²) < 4.78 is 3.17. The molecule has 0 amide bonds. The zero-order valence-electron chi connectivity index (χ0n) is 14.2. The van der Waals surface area contributed by atoms with E-state index in [2.05, 4.69) is 65.9 Å². The maximum absolute atomic E-state index is 4.53. The molecule has 120 valence electrons. The van der Waals surface area contributed by atoms with Gasteiger partial charge in [-0.15, -0.1) is 0 Å². The van der Waals surface area contributed by atoms with E-state index in [0.717, 1.165) is 35.7 Å². The van der Waals surface area contributed by atoms with Crippen LogP contribution in [-0.4, -0.2) is 39.4 Å². The van der Waals surface area contributed by atoms with Crippen LogP contribution in [0.1, 0.15) is 45.5 Å². The van der Waals surface area contributed by atoms with Crippen molar-refractivity contribution in [3.8, 4) is 0 Å². The average molecular weight is 357 g/mol. The first kappa shape index (κ1) is 17.0.